The van der Waals surface area contributed by atoms with Gasteiger partial charge in [0.2, 0.25) is 5.91 Å². The summed E-state index contributed by atoms with van der Waals surface area (Å²) < 4.78 is 48.8. The number of carbonyl (C=O) groups is 2. The van der Waals surface area contributed by atoms with Gasteiger partial charge in [0.1, 0.15) is 6.61 Å². The number of rotatable bonds is 4. The first-order valence-corrected chi connectivity index (χ1v) is 9.17. The summed E-state index contributed by atoms with van der Waals surface area (Å²) in [5, 5.41) is 2.77. The molecule has 0 aromatic heterocycles. The van der Waals surface area contributed by atoms with E-state index in [0.717, 1.165) is 12.1 Å². The molecule has 6 nitrogen and oxygen atoms in total. The summed E-state index contributed by atoms with van der Waals surface area (Å²) >= 11 is 0. The third-order valence-electron chi connectivity index (χ3n) is 5.77. The minimum absolute atomic E-state index is 0.0531. The summed E-state index contributed by atoms with van der Waals surface area (Å²) in [4.78, 5) is 25.3. The highest BCUT2D eigenvalue weighted by Gasteiger charge is 2.54. The first kappa shape index (κ1) is 19.0. The van der Waals surface area contributed by atoms with Crippen LogP contribution in [-0.4, -0.2) is 48.2 Å². The summed E-state index contributed by atoms with van der Waals surface area (Å²) in [6, 6.07) is 3.61. The molecule has 1 aliphatic carbocycles. The van der Waals surface area contributed by atoms with Crippen molar-refractivity contribution < 1.29 is 32.2 Å². The van der Waals surface area contributed by atoms with Crippen LogP contribution in [0.5, 0.6) is 0 Å². The lowest BCUT2D eigenvalue weighted by atomic mass is 9.68. The quantitative estimate of drug-likeness (QED) is 0.847. The van der Waals surface area contributed by atoms with Gasteiger partial charge in [-0.25, -0.2) is 4.79 Å². The fourth-order valence-corrected chi connectivity index (χ4v) is 3.99. The maximum Gasteiger partial charge on any atom is 0.416 e. The normalized spacial score (nSPS) is 27.2. The number of nitrogens with one attached hydrogen (secondary N) is 1. The molecule has 1 aromatic rings. The number of hydrogen-bond acceptors (Lipinski definition) is 4. The largest absolute Gasteiger partial charge is 0.447 e. The lowest BCUT2D eigenvalue weighted by Crippen LogP contribution is -2.62. The predicted octanol–water partition coefficient (Wildman–Crippen LogP) is 2.63. The molecule has 1 aromatic carbocycles. The number of alkyl carbamates (subject to hydrolysis) is 1. The first-order chi connectivity index (χ1) is 13.2. The highest BCUT2D eigenvalue weighted by atomic mass is 19.4. The zero-order valence-corrected chi connectivity index (χ0v) is 15.3. The second kappa shape index (κ2) is 6.65. The molecule has 3 aliphatic rings. The number of aryl methyl sites for hydroxylation is 1. The van der Waals surface area contributed by atoms with Crippen LogP contribution in [0.4, 0.5) is 18.0 Å². The van der Waals surface area contributed by atoms with E-state index in [-0.39, 0.29) is 30.1 Å². The van der Waals surface area contributed by atoms with Gasteiger partial charge in [-0.3, -0.25) is 4.79 Å². The van der Waals surface area contributed by atoms with Crippen LogP contribution in [0.25, 0.3) is 0 Å². The second-order valence-corrected chi connectivity index (χ2v) is 7.90. The van der Waals surface area contributed by atoms with Crippen molar-refractivity contribution in [2.24, 2.45) is 5.92 Å². The number of ether oxygens (including phenoxy) is 2. The minimum atomic E-state index is -4.35. The average molecular weight is 398 g/mol. The molecule has 0 radical (unpaired) electrons. The van der Waals surface area contributed by atoms with Gasteiger partial charge < -0.3 is 19.7 Å². The van der Waals surface area contributed by atoms with E-state index >= 15 is 0 Å². The zero-order chi connectivity index (χ0) is 20.1. The van der Waals surface area contributed by atoms with Gasteiger partial charge in [-0.2, -0.15) is 13.2 Å². The first-order valence-electron chi connectivity index (χ1n) is 9.17. The van der Waals surface area contributed by atoms with Crippen molar-refractivity contribution in [3.8, 4) is 0 Å². The number of nitrogens with zero attached hydrogens (tertiary/aromatic N) is 1. The molecule has 0 bridgehead atoms. The number of halogens is 3. The standard InChI is InChI=1S/C19H21F3N2O4/c1-11-4-14(19(20,21)22)3-2-12(11)9-27-15-7-24(8-15)16(25)13-5-18(6-13)10-28-17(26)23-18/h2-4,13,15H,5-10H2,1H3,(H,23,26). The maximum absolute atomic E-state index is 12.7. The smallest absolute Gasteiger partial charge is 0.416 e. The van der Waals surface area contributed by atoms with E-state index in [1.807, 2.05) is 0 Å². The summed E-state index contributed by atoms with van der Waals surface area (Å²) in [6.07, 6.45) is -3.72. The van der Waals surface area contributed by atoms with Crippen LogP contribution >= 0.6 is 0 Å². The van der Waals surface area contributed by atoms with Gasteiger partial charge in [0.05, 0.1) is 23.8 Å². The number of carbonyl (C=O) groups excluding carboxylic acids is 2. The summed E-state index contributed by atoms with van der Waals surface area (Å²) in [5.41, 5.74) is 0.188. The Labute approximate surface area is 160 Å². The topological polar surface area (TPSA) is 67.9 Å². The van der Waals surface area contributed by atoms with Crippen LogP contribution in [0.15, 0.2) is 18.2 Å². The lowest BCUT2D eigenvalue weighted by molar-refractivity contribution is -0.155. The molecule has 1 saturated carbocycles. The fourth-order valence-electron chi connectivity index (χ4n) is 3.99. The number of alkyl halides is 3. The van der Waals surface area contributed by atoms with Gasteiger partial charge in [0, 0.05) is 19.0 Å². The van der Waals surface area contributed by atoms with Crippen LogP contribution < -0.4 is 5.32 Å². The number of hydrogen-bond donors (Lipinski definition) is 1. The highest BCUT2D eigenvalue weighted by molar-refractivity contribution is 5.82. The van der Waals surface area contributed by atoms with Crippen molar-refractivity contribution in [1.29, 1.82) is 0 Å². The van der Waals surface area contributed by atoms with Crippen molar-refractivity contribution in [3.63, 3.8) is 0 Å². The number of amides is 2. The molecule has 2 amide bonds. The van der Waals surface area contributed by atoms with E-state index in [2.05, 4.69) is 5.32 Å². The Morgan fingerprint density at radius 1 is 1.36 bits per heavy atom. The maximum atomic E-state index is 12.7. The molecule has 9 heteroatoms. The Bertz CT molecular complexity index is 799. The van der Waals surface area contributed by atoms with Crippen LogP contribution in [-0.2, 0) is 27.1 Å². The summed E-state index contributed by atoms with van der Waals surface area (Å²) in [6.45, 7) is 3.11. The molecule has 3 fully saturated rings. The minimum Gasteiger partial charge on any atom is -0.447 e. The monoisotopic (exact) mass is 398 g/mol. The van der Waals surface area contributed by atoms with E-state index in [4.69, 9.17) is 9.47 Å². The molecule has 0 atom stereocenters. The van der Waals surface area contributed by atoms with E-state index in [0.29, 0.717) is 43.7 Å². The van der Waals surface area contributed by atoms with Gasteiger partial charge in [0.25, 0.3) is 0 Å². The number of benzene rings is 1. The average Bonchev–Trinajstić information content (AvgIpc) is 2.94. The van der Waals surface area contributed by atoms with Crippen LogP contribution in [0.3, 0.4) is 0 Å². The van der Waals surface area contributed by atoms with Crippen molar-refractivity contribution >= 4 is 12.0 Å². The van der Waals surface area contributed by atoms with E-state index in [1.54, 1.807) is 11.8 Å². The van der Waals surface area contributed by atoms with Gasteiger partial charge in [-0.1, -0.05) is 6.07 Å². The molecule has 4 rings (SSSR count). The molecule has 0 unspecified atom stereocenters. The van der Waals surface area contributed by atoms with Gasteiger partial charge >= 0.3 is 12.3 Å². The van der Waals surface area contributed by atoms with Crippen molar-refractivity contribution in [2.75, 3.05) is 19.7 Å². The molecular weight excluding hydrogens is 377 g/mol. The Morgan fingerprint density at radius 2 is 2.07 bits per heavy atom. The molecule has 2 aliphatic heterocycles. The SMILES string of the molecule is Cc1cc(C(F)(F)F)ccc1COC1CN(C(=O)C2CC3(COC(=O)N3)C2)C1. The zero-order valence-electron chi connectivity index (χ0n) is 15.3. The van der Waals surface area contributed by atoms with E-state index in [9.17, 15) is 22.8 Å². The van der Waals surface area contributed by atoms with E-state index in [1.165, 1.54) is 6.07 Å². The number of cyclic esters (lactones) is 1. The van der Waals surface area contributed by atoms with Crippen molar-refractivity contribution in [1.82, 2.24) is 10.2 Å². The van der Waals surface area contributed by atoms with Crippen LogP contribution in [0, 0.1) is 12.8 Å². The Balaban J connectivity index is 1.21. The van der Waals surface area contributed by atoms with Crippen LogP contribution in [0.1, 0.15) is 29.5 Å². The molecule has 28 heavy (non-hydrogen) atoms. The molecular formula is C19H21F3N2O4. The Kier molecular flexibility index (Phi) is 4.52. The predicted molar refractivity (Wildman–Crippen MR) is 91.3 cm³/mol. The fraction of sp³-hybridized carbons (Fsp3) is 0.579. The Morgan fingerprint density at radius 3 is 2.64 bits per heavy atom. The molecule has 152 valence electrons. The third kappa shape index (κ3) is 3.55. The van der Waals surface area contributed by atoms with Gasteiger partial charge in [-0.15, -0.1) is 0 Å². The number of likely N-dealkylation sites (tertiary alicyclic amines) is 1. The molecule has 1 N–H and O–H groups in total. The van der Waals surface area contributed by atoms with Crippen molar-refractivity contribution in [2.45, 2.75) is 44.2 Å². The van der Waals surface area contributed by atoms with Crippen LogP contribution in [0.2, 0.25) is 0 Å². The van der Waals surface area contributed by atoms with Crippen molar-refractivity contribution in [3.05, 3.63) is 34.9 Å². The summed E-state index contributed by atoms with van der Waals surface area (Å²) in [7, 11) is 0. The molecule has 2 saturated heterocycles. The highest BCUT2D eigenvalue weighted by Crippen LogP contribution is 2.42. The van der Waals surface area contributed by atoms with Gasteiger partial charge in [-0.05, 0) is 43.0 Å². The van der Waals surface area contributed by atoms with E-state index < -0.39 is 17.8 Å². The third-order valence-corrected chi connectivity index (χ3v) is 5.77. The molecule has 2 heterocycles. The Hall–Kier alpha value is -2.29. The second-order valence-electron chi connectivity index (χ2n) is 7.90. The van der Waals surface area contributed by atoms with Gasteiger partial charge in [0.15, 0.2) is 0 Å². The summed E-state index contributed by atoms with van der Waals surface area (Å²) in [5.74, 6) is -0.0579. The molecule has 1 spiro atoms. The lowest BCUT2D eigenvalue weighted by Gasteiger charge is -2.47.